The van der Waals surface area contributed by atoms with Gasteiger partial charge in [-0.25, -0.2) is 0 Å². The summed E-state index contributed by atoms with van der Waals surface area (Å²) in [5.41, 5.74) is 0. The fraction of sp³-hybridized carbons (Fsp3) is 1.00. The summed E-state index contributed by atoms with van der Waals surface area (Å²) >= 11 is 0. The Morgan fingerprint density at radius 3 is 2.00 bits per heavy atom. The van der Waals surface area contributed by atoms with Gasteiger partial charge in [-0.05, 0) is 12.8 Å². The topological polar surface area (TPSA) is 23.1 Å². The van der Waals surface area contributed by atoms with Crippen LogP contribution >= 0.6 is 0 Å². The van der Waals surface area contributed by atoms with Crippen LogP contribution in [0.4, 0.5) is 0 Å². The Kier molecular flexibility index (Phi) is 8.96. The number of quaternary nitrogens is 1. The van der Waals surface area contributed by atoms with Crippen LogP contribution in [0.1, 0.15) is 65.2 Å². The maximum Gasteiger partial charge on any atom is 0.0808 e. The van der Waals surface area contributed by atoms with Crippen molar-refractivity contribution in [2.45, 2.75) is 65.2 Å². The van der Waals surface area contributed by atoms with Gasteiger partial charge in [0.05, 0.1) is 20.6 Å². The Morgan fingerprint density at radius 1 is 0.938 bits per heavy atom. The second kappa shape index (κ2) is 9.00. The van der Waals surface area contributed by atoms with Gasteiger partial charge in [0, 0.05) is 5.92 Å². The molecule has 1 unspecified atom stereocenters. The first-order chi connectivity index (χ1) is 7.49. The van der Waals surface area contributed by atoms with E-state index in [9.17, 15) is 5.21 Å². The average Bonchev–Trinajstić information content (AvgIpc) is 2.19. The molecule has 0 aliphatic rings. The molecule has 2 nitrogen and oxygen atoms in total. The van der Waals surface area contributed by atoms with E-state index in [-0.39, 0.29) is 4.65 Å². The van der Waals surface area contributed by atoms with E-state index < -0.39 is 0 Å². The highest BCUT2D eigenvalue weighted by Gasteiger charge is 2.13. The van der Waals surface area contributed by atoms with E-state index in [1.54, 1.807) is 14.1 Å². The van der Waals surface area contributed by atoms with E-state index in [4.69, 9.17) is 0 Å². The summed E-state index contributed by atoms with van der Waals surface area (Å²) in [4.78, 5) is 0. The van der Waals surface area contributed by atoms with Crippen LogP contribution in [-0.4, -0.2) is 25.3 Å². The van der Waals surface area contributed by atoms with E-state index in [0.29, 0.717) is 5.92 Å². The minimum absolute atomic E-state index is 0.131. The van der Waals surface area contributed by atoms with Gasteiger partial charge in [-0.2, -0.15) is 0 Å². The van der Waals surface area contributed by atoms with Crippen molar-refractivity contribution in [2.75, 3.05) is 20.6 Å². The largest absolute Gasteiger partial charge is 0.633 e. The van der Waals surface area contributed by atoms with Crippen LogP contribution in [0, 0.1) is 11.1 Å². The summed E-state index contributed by atoms with van der Waals surface area (Å²) < 4.78 is -0.131. The number of unbranched alkanes of at least 4 members (excludes halogenated alkanes) is 5. The van der Waals surface area contributed by atoms with Crippen LogP contribution in [0.25, 0.3) is 0 Å². The highest BCUT2D eigenvalue weighted by atomic mass is 16.5. The molecule has 0 aliphatic heterocycles. The van der Waals surface area contributed by atoms with Crippen molar-refractivity contribution in [3.05, 3.63) is 5.21 Å². The molecule has 98 valence electrons. The predicted octanol–water partition coefficient (Wildman–Crippen LogP) is 4.34. The average molecular weight is 229 g/mol. The molecule has 0 saturated heterocycles. The van der Waals surface area contributed by atoms with Crippen molar-refractivity contribution in [1.82, 2.24) is 0 Å². The molecule has 0 amide bonds. The summed E-state index contributed by atoms with van der Waals surface area (Å²) in [6.07, 6.45) is 10.5. The number of hydrogen-bond acceptors (Lipinski definition) is 1. The van der Waals surface area contributed by atoms with Crippen molar-refractivity contribution < 1.29 is 4.65 Å². The van der Waals surface area contributed by atoms with E-state index in [0.717, 1.165) is 13.0 Å². The quantitative estimate of drug-likeness (QED) is 0.310. The first-order valence-corrected chi connectivity index (χ1v) is 7.03. The zero-order valence-electron chi connectivity index (χ0n) is 11.8. The number of hydroxylamine groups is 3. The lowest BCUT2D eigenvalue weighted by Crippen LogP contribution is -2.37. The normalized spacial score (nSPS) is 14.1. The van der Waals surface area contributed by atoms with Crippen molar-refractivity contribution in [3.63, 3.8) is 0 Å². The van der Waals surface area contributed by atoms with Gasteiger partial charge in [-0.15, -0.1) is 0 Å². The summed E-state index contributed by atoms with van der Waals surface area (Å²) in [6.45, 7) is 5.24. The molecule has 0 aromatic carbocycles. The van der Waals surface area contributed by atoms with Crippen molar-refractivity contribution in [3.8, 4) is 0 Å². The summed E-state index contributed by atoms with van der Waals surface area (Å²) in [5.74, 6) is 0.624. The second-order valence-corrected chi connectivity index (χ2v) is 5.59. The molecular formula is C14H31NO. The first-order valence-electron chi connectivity index (χ1n) is 7.03. The van der Waals surface area contributed by atoms with Crippen LogP contribution in [0.15, 0.2) is 0 Å². The zero-order chi connectivity index (χ0) is 12.4. The van der Waals surface area contributed by atoms with E-state index in [2.05, 4.69) is 13.8 Å². The third-order valence-corrected chi connectivity index (χ3v) is 3.24. The third-order valence-electron chi connectivity index (χ3n) is 3.24. The summed E-state index contributed by atoms with van der Waals surface area (Å²) in [6, 6.07) is 0. The maximum atomic E-state index is 11.6. The standard InChI is InChI=1S/C14H31NO/c1-5-7-8-9-10-11-12-14(6-2)13-15(3,4)16/h14H,5-13H2,1-4H3. The highest BCUT2D eigenvalue weighted by molar-refractivity contribution is 4.57. The van der Waals surface area contributed by atoms with Gasteiger partial charge in [0.2, 0.25) is 0 Å². The molecule has 16 heavy (non-hydrogen) atoms. The molecule has 0 aliphatic carbocycles. The minimum Gasteiger partial charge on any atom is -0.633 e. The Balaban J connectivity index is 3.48. The molecule has 0 radical (unpaired) electrons. The molecule has 0 spiro atoms. The molecule has 1 atom stereocenters. The van der Waals surface area contributed by atoms with Gasteiger partial charge >= 0.3 is 0 Å². The third kappa shape index (κ3) is 10.4. The first kappa shape index (κ1) is 15.9. The number of rotatable bonds is 10. The number of hydrogen-bond donors (Lipinski definition) is 0. The lowest BCUT2D eigenvalue weighted by molar-refractivity contribution is -0.843. The molecule has 0 aromatic heterocycles. The van der Waals surface area contributed by atoms with Gasteiger partial charge in [0.1, 0.15) is 0 Å². The van der Waals surface area contributed by atoms with Crippen LogP contribution in [0.2, 0.25) is 0 Å². The van der Waals surface area contributed by atoms with Crippen molar-refractivity contribution >= 4 is 0 Å². The van der Waals surface area contributed by atoms with Crippen LogP contribution in [0.3, 0.4) is 0 Å². The lowest BCUT2D eigenvalue weighted by atomic mass is 9.97. The van der Waals surface area contributed by atoms with Gasteiger partial charge < -0.3 is 9.85 Å². The molecule has 0 aromatic rings. The Hall–Kier alpha value is -0.0800. The van der Waals surface area contributed by atoms with E-state index in [1.807, 2.05) is 0 Å². The van der Waals surface area contributed by atoms with Crippen LogP contribution in [0.5, 0.6) is 0 Å². The van der Waals surface area contributed by atoms with Gasteiger partial charge in [-0.3, -0.25) is 0 Å². The lowest BCUT2D eigenvalue weighted by Gasteiger charge is -2.37. The summed E-state index contributed by atoms with van der Waals surface area (Å²) in [5, 5.41) is 11.6. The second-order valence-electron chi connectivity index (χ2n) is 5.59. The Morgan fingerprint density at radius 2 is 1.50 bits per heavy atom. The SMILES string of the molecule is CCCCCCCCC(CC)C[N+](C)(C)[O-]. The maximum absolute atomic E-state index is 11.6. The van der Waals surface area contributed by atoms with Gasteiger partial charge in [0.25, 0.3) is 0 Å². The fourth-order valence-electron chi connectivity index (χ4n) is 2.26. The molecule has 2 heteroatoms. The smallest absolute Gasteiger partial charge is 0.0808 e. The molecular weight excluding hydrogens is 198 g/mol. The van der Waals surface area contributed by atoms with E-state index in [1.165, 1.54) is 44.9 Å². The molecule has 0 saturated carbocycles. The van der Waals surface area contributed by atoms with Crippen LogP contribution in [-0.2, 0) is 0 Å². The Labute approximate surface area is 102 Å². The summed E-state index contributed by atoms with van der Waals surface area (Å²) in [7, 11) is 3.51. The zero-order valence-corrected chi connectivity index (χ0v) is 11.8. The monoisotopic (exact) mass is 229 g/mol. The fourth-order valence-corrected chi connectivity index (χ4v) is 2.26. The molecule has 0 heterocycles. The molecule has 0 bridgehead atoms. The number of nitrogens with zero attached hydrogens (tertiary/aromatic N) is 1. The highest BCUT2D eigenvalue weighted by Crippen LogP contribution is 2.17. The molecule has 0 fully saturated rings. The Bertz CT molecular complexity index is 151. The molecule has 0 rings (SSSR count). The van der Waals surface area contributed by atoms with E-state index >= 15 is 0 Å². The van der Waals surface area contributed by atoms with Gasteiger partial charge in [0.15, 0.2) is 0 Å². The van der Waals surface area contributed by atoms with Crippen LogP contribution < -0.4 is 0 Å². The van der Waals surface area contributed by atoms with Gasteiger partial charge in [-0.1, -0.05) is 52.4 Å². The van der Waals surface area contributed by atoms with Crippen molar-refractivity contribution in [2.24, 2.45) is 5.92 Å². The van der Waals surface area contributed by atoms with Crippen molar-refractivity contribution in [1.29, 1.82) is 0 Å². The predicted molar refractivity (Wildman–Crippen MR) is 72.1 cm³/mol. The minimum atomic E-state index is -0.131. The molecule has 0 N–H and O–H groups in total.